The zero-order valence-electron chi connectivity index (χ0n) is 12.5. The molecule has 2 rings (SSSR count). The Hall–Kier alpha value is -1.83. The van der Waals surface area contributed by atoms with E-state index in [2.05, 4.69) is 21.2 Å². The zero-order chi connectivity index (χ0) is 16.4. The standard InChI is InChI=1S/C14H19BrN4O3/c1-3-19-6-10(15)12(20)11(7-19)17-14(22)18(2)9-4-8(5-9)13(16)21/h6-9H,3-5H2,1-2H3,(H2,16,21)(H,17,22). The van der Waals surface area contributed by atoms with Gasteiger partial charge in [0.15, 0.2) is 0 Å². The smallest absolute Gasteiger partial charge is 0.321 e. The van der Waals surface area contributed by atoms with Gasteiger partial charge in [-0.05, 0) is 35.7 Å². The van der Waals surface area contributed by atoms with E-state index in [-0.39, 0.29) is 35.0 Å². The molecule has 3 N–H and O–H groups in total. The molecule has 0 aliphatic heterocycles. The van der Waals surface area contributed by atoms with Crippen LogP contribution in [0.1, 0.15) is 19.8 Å². The Morgan fingerprint density at radius 1 is 1.45 bits per heavy atom. The van der Waals surface area contributed by atoms with E-state index in [4.69, 9.17) is 5.73 Å². The number of aryl methyl sites for hydroxylation is 1. The van der Waals surface area contributed by atoms with Crippen LogP contribution in [0.5, 0.6) is 0 Å². The number of anilines is 1. The lowest BCUT2D eigenvalue weighted by atomic mass is 9.79. The number of primary amides is 1. The number of carbonyl (C=O) groups is 2. The number of hydrogen-bond acceptors (Lipinski definition) is 3. The molecule has 0 atom stereocenters. The summed E-state index contributed by atoms with van der Waals surface area (Å²) in [6.45, 7) is 2.62. The van der Waals surface area contributed by atoms with Gasteiger partial charge in [-0.1, -0.05) is 0 Å². The molecule has 1 aromatic heterocycles. The molecule has 1 heterocycles. The van der Waals surface area contributed by atoms with Crippen LogP contribution in [0.15, 0.2) is 21.7 Å². The first-order valence-electron chi connectivity index (χ1n) is 7.06. The minimum atomic E-state index is -0.370. The van der Waals surface area contributed by atoms with Gasteiger partial charge in [-0.25, -0.2) is 4.79 Å². The van der Waals surface area contributed by atoms with Crippen molar-refractivity contribution in [2.24, 2.45) is 11.7 Å². The van der Waals surface area contributed by atoms with Crippen LogP contribution in [0, 0.1) is 5.92 Å². The fourth-order valence-electron chi connectivity index (χ4n) is 2.37. The van der Waals surface area contributed by atoms with E-state index in [1.807, 2.05) is 6.92 Å². The van der Waals surface area contributed by atoms with Crippen molar-refractivity contribution in [1.82, 2.24) is 9.47 Å². The third-order valence-electron chi connectivity index (χ3n) is 4.03. The summed E-state index contributed by atoms with van der Waals surface area (Å²) in [5, 5.41) is 2.63. The molecular weight excluding hydrogens is 352 g/mol. The first-order valence-corrected chi connectivity index (χ1v) is 7.85. The fourth-order valence-corrected chi connectivity index (χ4v) is 2.85. The molecule has 22 heavy (non-hydrogen) atoms. The van der Waals surface area contributed by atoms with Crippen molar-refractivity contribution in [2.45, 2.75) is 32.4 Å². The molecule has 0 bridgehead atoms. The lowest BCUT2D eigenvalue weighted by Gasteiger charge is -2.39. The highest BCUT2D eigenvalue weighted by molar-refractivity contribution is 9.10. The Labute approximate surface area is 136 Å². The molecule has 1 fully saturated rings. The molecule has 3 amide bonds. The number of nitrogens with zero attached hydrogens (tertiary/aromatic N) is 2. The van der Waals surface area contributed by atoms with Crippen LogP contribution >= 0.6 is 15.9 Å². The summed E-state index contributed by atoms with van der Waals surface area (Å²) in [5.41, 5.74) is 5.17. The van der Waals surface area contributed by atoms with Crippen molar-refractivity contribution in [2.75, 3.05) is 12.4 Å². The minimum absolute atomic E-state index is 0.0296. The molecule has 0 radical (unpaired) electrons. The van der Waals surface area contributed by atoms with Gasteiger partial charge in [0, 0.05) is 37.9 Å². The Morgan fingerprint density at radius 3 is 2.64 bits per heavy atom. The van der Waals surface area contributed by atoms with E-state index in [0.717, 1.165) is 0 Å². The average Bonchev–Trinajstić information content (AvgIpc) is 2.41. The van der Waals surface area contributed by atoms with Crippen LogP contribution in [0.2, 0.25) is 0 Å². The molecule has 0 aromatic carbocycles. The first-order chi connectivity index (χ1) is 10.3. The number of aromatic nitrogens is 1. The second-order valence-corrected chi connectivity index (χ2v) is 6.30. The van der Waals surface area contributed by atoms with Crippen molar-refractivity contribution in [3.63, 3.8) is 0 Å². The van der Waals surface area contributed by atoms with Crippen molar-refractivity contribution in [3.8, 4) is 0 Å². The molecular formula is C14H19BrN4O3. The highest BCUT2D eigenvalue weighted by Crippen LogP contribution is 2.30. The number of nitrogens with two attached hydrogens (primary N) is 1. The minimum Gasteiger partial charge on any atom is -0.369 e. The number of urea groups is 1. The number of rotatable bonds is 4. The van der Waals surface area contributed by atoms with Gasteiger partial charge in [0.25, 0.3) is 0 Å². The Balaban J connectivity index is 2.05. The summed E-state index contributed by atoms with van der Waals surface area (Å²) in [6, 6.07) is -0.399. The van der Waals surface area contributed by atoms with Crippen LogP contribution < -0.4 is 16.5 Å². The van der Waals surface area contributed by atoms with Gasteiger partial charge in [0.2, 0.25) is 11.3 Å². The molecule has 1 aromatic rings. The lowest BCUT2D eigenvalue weighted by Crippen LogP contribution is -2.50. The highest BCUT2D eigenvalue weighted by atomic mass is 79.9. The largest absolute Gasteiger partial charge is 0.369 e. The average molecular weight is 371 g/mol. The molecule has 7 nitrogen and oxygen atoms in total. The lowest BCUT2D eigenvalue weighted by molar-refractivity contribution is -0.125. The summed E-state index contributed by atoms with van der Waals surface area (Å²) in [6.07, 6.45) is 4.41. The Kier molecular flexibility index (Phi) is 4.90. The third kappa shape index (κ3) is 3.32. The second kappa shape index (κ2) is 6.51. The van der Waals surface area contributed by atoms with Gasteiger partial charge in [-0.3, -0.25) is 9.59 Å². The monoisotopic (exact) mass is 370 g/mol. The predicted molar refractivity (Wildman–Crippen MR) is 86.6 cm³/mol. The van der Waals surface area contributed by atoms with E-state index in [9.17, 15) is 14.4 Å². The second-order valence-electron chi connectivity index (χ2n) is 5.44. The van der Waals surface area contributed by atoms with E-state index in [1.165, 1.54) is 4.90 Å². The van der Waals surface area contributed by atoms with Crippen LogP contribution in [-0.2, 0) is 11.3 Å². The summed E-state index contributed by atoms with van der Waals surface area (Å²) in [7, 11) is 1.65. The Bertz CT molecular complexity index is 652. The quantitative estimate of drug-likeness (QED) is 0.836. The number of carbonyl (C=O) groups excluding carboxylic acids is 2. The van der Waals surface area contributed by atoms with Crippen LogP contribution in [0.4, 0.5) is 10.5 Å². The van der Waals surface area contributed by atoms with Crippen molar-refractivity contribution in [1.29, 1.82) is 0 Å². The molecule has 1 saturated carbocycles. The van der Waals surface area contributed by atoms with Crippen molar-refractivity contribution in [3.05, 3.63) is 27.1 Å². The molecule has 120 valence electrons. The molecule has 1 aliphatic rings. The SMILES string of the molecule is CCn1cc(Br)c(=O)c(NC(=O)N(C)C2CC(C(N)=O)C2)c1. The van der Waals surface area contributed by atoms with Gasteiger partial charge < -0.3 is 20.5 Å². The van der Waals surface area contributed by atoms with Gasteiger partial charge in [0.05, 0.1) is 4.47 Å². The number of amides is 3. The Morgan fingerprint density at radius 2 is 2.09 bits per heavy atom. The number of halogens is 1. The van der Waals surface area contributed by atoms with Gasteiger partial charge in [-0.2, -0.15) is 0 Å². The number of pyridine rings is 1. The van der Waals surface area contributed by atoms with Crippen LogP contribution in [0.3, 0.4) is 0 Å². The summed E-state index contributed by atoms with van der Waals surface area (Å²) >= 11 is 3.19. The molecule has 0 unspecified atom stereocenters. The van der Waals surface area contributed by atoms with Crippen molar-refractivity contribution < 1.29 is 9.59 Å². The number of nitrogens with one attached hydrogen (secondary N) is 1. The molecule has 0 saturated heterocycles. The summed E-state index contributed by atoms with van der Waals surface area (Å²) in [5.74, 6) is -0.494. The van der Waals surface area contributed by atoms with Gasteiger partial charge in [0.1, 0.15) is 5.69 Å². The third-order valence-corrected chi connectivity index (χ3v) is 4.59. The van der Waals surface area contributed by atoms with Crippen molar-refractivity contribution >= 4 is 33.6 Å². The molecule has 0 spiro atoms. The maximum Gasteiger partial charge on any atom is 0.321 e. The predicted octanol–water partition coefficient (Wildman–Crippen LogP) is 1.36. The van der Waals surface area contributed by atoms with E-state index in [1.54, 1.807) is 24.0 Å². The molecule has 8 heteroatoms. The van der Waals surface area contributed by atoms with Crippen LogP contribution in [0.25, 0.3) is 0 Å². The normalized spacial score (nSPS) is 20.1. The zero-order valence-corrected chi connectivity index (χ0v) is 14.1. The topological polar surface area (TPSA) is 97.4 Å². The first kappa shape index (κ1) is 16.5. The van der Waals surface area contributed by atoms with Gasteiger partial charge in [-0.15, -0.1) is 0 Å². The maximum absolute atomic E-state index is 12.2. The van der Waals surface area contributed by atoms with Gasteiger partial charge >= 0.3 is 6.03 Å². The van der Waals surface area contributed by atoms with Crippen LogP contribution in [-0.4, -0.2) is 34.5 Å². The number of hydrogen-bond donors (Lipinski definition) is 2. The van der Waals surface area contributed by atoms with E-state index in [0.29, 0.717) is 23.9 Å². The maximum atomic E-state index is 12.2. The summed E-state index contributed by atoms with van der Waals surface area (Å²) < 4.78 is 2.19. The highest BCUT2D eigenvalue weighted by Gasteiger charge is 2.37. The fraction of sp³-hybridized carbons (Fsp3) is 0.500. The van der Waals surface area contributed by atoms with E-state index < -0.39 is 0 Å². The summed E-state index contributed by atoms with van der Waals surface area (Å²) in [4.78, 5) is 36.8. The van der Waals surface area contributed by atoms with E-state index >= 15 is 0 Å². The molecule has 1 aliphatic carbocycles.